The molecule has 0 radical (unpaired) electrons. The van der Waals surface area contributed by atoms with Gasteiger partial charge in [0.05, 0.1) is 17.3 Å². The molecule has 2 aromatic rings. The summed E-state index contributed by atoms with van der Waals surface area (Å²) in [5, 5.41) is 2.78. The van der Waals surface area contributed by atoms with Crippen LogP contribution in [0, 0.1) is 0 Å². The molecule has 0 aromatic heterocycles. The Morgan fingerprint density at radius 3 is 2.52 bits per heavy atom. The maximum Gasteiger partial charge on any atom is 0.354 e. The molecule has 8 heteroatoms. The summed E-state index contributed by atoms with van der Waals surface area (Å²) in [5.74, 6) is -1.92. The summed E-state index contributed by atoms with van der Waals surface area (Å²) in [7, 11) is 1.47. The molecule has 2 atom stereocenters. The van der Waals surface area contributed by atoms with E-state index in [1.54, 1.807) is 24.3 Å². The maximum absolute atomic E-state index is 13.2. The van der Waals surface area contributed by atoms with E-state index in [0.29, 0.717) is 11.3 Å². The second-order valence-corrected chi connectivity index (χ2v) is 7.70. The molecule has 1 fully saturated rings. The molecule has 1 saturated heterocycles. The third-order valence-corrected chi connectivity index (χ3v) is 5.88. The minimum absolute atomic E-state index is 0.0955. The highest BCUT2D eigenvalue weighted by Crippen LogP contribution is 2.44. The lowest BCUT2D eigenvalue weighted by Crippen LogP contribution is -2.67. The van der Waals surface area contributed by atoms with Crippen LogP contribution in [0.5, 0.6) is 0 Å². The first-order valence-electron chi connectivity index (χ1n) is 10.1. The molecule has 8 nitrogen and oxygen atoms in total. The summed E-state index contributed by atoms with van der Waals surface area (Å²) >= 11 is 0. The van der Waals surface area contributed by atoms with Crippen LogP contribution >= 0.6 is 0 Å². The van der Waals surface area contributed by atoms with Gasteiger partial charge in [-0.1, -0.05) is 42.5 Å². The van der Waals surface area contributed by atoms with Crippen molar-refractivity contribution >= 4 is 29.4 Å². The van der Waals surface area contributed by atoms with Crippen LogP contribution in [0.4, 0.5) is 5.69 Å². The number of rotatable bonds is 5. The van der Waals surface area contributed by atoms with Crippen LogP contribution in [-0.2, 0) is 19.1 Å². The molecule has 0 aliphatic carbocycles. The quantitative estimate of drug-likeness (QED) is 0.745. The normalized spacial score (nSPS) is 20.7. The molecule has 31 heavy (non-hydrogen) atoms. The highest BCUT2D eigenvalue weighted by atomic mass is 16.5. The van der Waals surface area contributed by atoms with Crippen molar-refractivity contribution in [1.29, 1.82) is 0 Å². The molecule has 2 aliphatic rings. The number of likely N-dealkylation sites (N-methyl/N-ethyl adjacent to an activating group) is 1. The zero-order valence-electron chi connectivity index (χ0n) is 17.3. The number of para-hydroxylation sites is 1. The highest BCUT2D eigenvalue weighted by Gasteiger charge is 2.60. The summed E-state index contributed by atoms with van der Waals surface area (Å²) < 4.78 is 5.33. The summed E-state index contributed by atoms with van der Waals surface area (Å²) in [4.78, 5) is 53.7. The topological polar surface area (TPSA) is 96.0 Å². The zero-order valence-corrected chi connectivity index (χ0v) is 17.3. The van der Waals surface area contributed by atoms with E-state index in [9.17, 15) is 19.2 Å². The Labute approximate surface area is 179 Å². The number of ether oxygens (including phenoxy) is 1. The molecule has 0 saturated carbocycles. The number of fused-ring (bicyclic) bond motifs is 3. The van der Waals surface area contributed by atoms with Crippen LogP contribution < -0.4 is 10.2 Å². The Hall–Kier alpha value is -3.68. The van der Waals surface area contributed by atoms with Gasteiger partial charge in [0.2, 0.25) is 11.6 Å². The summed E-state index contributed by atoms with van der Waals surface area (Å²) in [5.41, 5.74) is 0.0567. The van der Waals surface area contributed by atoms with Gasteiger partial charge in [-0.25, -0.2) is 4.79 Å². The number of amides is 3. The first-order valence-corrected chi connectivity index (χ1v) is 10.1. The van der Waals surface area contributed by atoms with Gasteiger partial charge in [0.1, 0.15) is 0 Å². The van der Waals surface area contributed by atoms with Gasteiger partial charge in [-0.2, -0.15) is 0 Å². The first-order chi connectivity index (χ1) is 14.9. The molecule has 160 valence electrons. The van der Waals surface area contributed by atoms with Gasteiger partial charge in [-0.05, 0) is 24.6 Å². The monoisotopic (exact) mass is 421 g/mol. The van der Waals surface area contributed by atoms with Crippen LogP contribution in [0.2, 0.25) is 0 Å². The molecule has 0 bridgehead atoms. The molecule has 1 N–H and O–H groups in total. The average Bonchev–Trinajstić information content (AvgIpc) is 3.15. The van der Waals surface area contributed by atoms with Crippen molar-refractivity contribution in [2.75, 3.05) is 18.6 Å². The minimum Gasteiger partial charge on any atom is -0.452 e. The number of hydrogen-bond donors (Lipinski definition) is 1. The lowest BCUT2D eigenvalue weighted by atomic mass is 9.97. The van der Waals surface area contributed by atoms with Gasteiger partial charge in [-0.15, -0.1) is 0 Å². The van der Waals surface area contributed by atoms with E-state index < -0.39 is 24.1 Å². The second-order valence-electron chi connectivity index (χ2n) is 7.70. The fraction of sp³-hybridized carbons (Fsp3) is 0.304. The molecule has 4 rings (SSSR count). The fourth-order valence-corrected chi connectivity index (χ4v) is 4.25. The number of benzene rings is 2. The van der Waals surface area contributed by atoms with Crippen molar-refractivity contribution in [2.24, 2.45) is 0 Å². The molecule has 2 aliphatic heterocycles. The number of carbonyl (C=O) groups excluding carboxylic acids is 4. The highest BCUT2D eigenvalue weighted by molar-refractivity contribution is 6.15. The number of anilines is 1. The third kappa shape index (κ3) is 3.34. The third-order valence-electron chi connectivity index (χ3n) is 5.88. The van der Waals surface area contributed by atoms with Crippen LogP contribution in [0.15, 0.2) is 54.6 Å². The molecule has 2 heterocycles. The largest absolute Gasteiger partial charge is 0.452 e. The Kier molecular flexibility index (Phi) is 5.22. The number of nitrogens with one attached hydrogen (secondary N) is 1. The van der Waals surface area contributed by atoms with E-state index in [1.807, 2.05) is 37.3 Å². The van der Waals surface area contributed by atoms with Crippen molar-refractivity contribution in [3.8, 4) is 0 Å². The van der Waals surface area contributed by atoms with Crippen molar-refractivity contribution in [3.05, 3.63) is 65.7 Å². The van der Waals surface area contributed by atoms with Crippen molar-refractivity contribution < 1.29 is 23.9 Å². The molecule has 3 amide bonds. The van der Waals surface area contributed by atoms with Crippen LogP contribution in [0.25, 0.3) is 0 Å². The summed E-state index contributed by atoms with van der Waals surface area (Å²) in [6, 6.07) is 15.8. The molecule has 0 spiro atoms. The Bertz CT molecular complexity index is 1050. The van der Waals surface area contributed by atoms with Crippen LogP contribution in [0.3, 0.4) is 0 Å². The molecular weight excluding hydrogens is 398 g/mol. The van der Waals surface area contributed by atoms with Gasteiger partial charge >= 0.3 is 5.97 Å². The van der Waals surface area contributed by atoms with Gasteiger partial charge in [0, 0.05) is 19.9 Å². The van der Waals surface area contributed by atoms with E-state index in [1.165, 1.54) is 16.8 Å². The van der Waals surface area contributed by atoms with E-state index in [4.69, 9.17) is 4.74 Å². The minimum atomic E-state index is -1.59. The maximum atomic E-state index is 13.2. The number of esters is 1. The molecule has 0 unspecified atom stereocenters. The SMILES string of the molecule is C[C@H](NC(=O)COC(=O)[C@@]12CCC(=O)N1c1ccccc1C(=O)N2C)c1ccccc1. The van der Waals surface area contributed by atoms with Crippen molar-refractivity contribution in [2.45, 2.75) is 31.5 Å². The predicted molar refractivity (Wildman–Crippen MR) is 112 cm³/mol. The van der Waals surface area contributed by atoms with E-state index in [-0.39, 0.29) is 30.7 Å². The Morgan fingerprint density at radius 1 is 1.10 bits per heavy atom. The summed E-state index contributed by atoms with van der Waals surface area (Å²) in [6.07, 6.45) is 0.196. The number of carbonyl (C=O) groups is 4. The second kappa shape index (κ2) is 7.86. The Balaban J connectivity index is 1.51. The summed E-state index contributed by atoms with van der Waals surface area (Å²) in [6.45, 7) is 1.32. The van der Waals surface area contributed by atoms with Gasteiger partial charge in [0.25, 0.3) is 11.8 Å². The van der Waals surface area contributed by atoms with E-state index >= 15 is 0 Å². The lowest BCUT2D eigenvalue weighted by Gasteiger charge is -2.46. The van der Waals surface area contributed by atoms with E-state index in [2.05, 4.69) is 5.32 Å². The smallest absolute Gasteiger partial charge is 0.354 e. The number of hydrogen-bond acceptors (Lipinski definition) is 5. The Morgan fingerprint density at radius 2 is 1.77 bits per heavy atom. The van der Waals surface area contributed by atoms with Crippen LogP contribution in [0.1, 0.15) is 41.7 Å². The standard InChI is InChI=1S/C23H23N3O5/c1-15(16-8-4-3-5-9-16)24-19(27)14-31-22(30)23-13-12-20(28)26(23)18-11-7-6-10-17(18)21(29)25(23)2/h3-11,15H,12-14H2,1-2H3,(H,24,27)/t15-,23+/m0/s1. The molecule has 2 aromatic carbocycles. The van der Waals surface area contributed by atoms with E-state index in [0.717, 1.165) is 5.56 Å². The lowest BCUT2D eigenvalue weighted by molar-refractivity contribution is -0.159. The zero-order chi connectivity index (χ0) is 22.2. The van der Waals surface area contributed by atoms with Gasteiger partial charge in [-0.3, -0.25) is 19.3 Å². The predicted octanol–water partition coefficient (Wildman–Crippen LogP) is 2.02. The van der Waals surface area contributed by atoms with Crippen molar-refractivity contribution in [3.63, 3.8) is 0 Å². The van der Waals surface area contributed by atoms with Crippen molar-refractivity contribution in [1.82, 2.24) is 10.2 Å². The van der Waals surface area contributed by atoms with Gasteiger partial charge < -0.3 is 15.0 Å². The fourth-order valence-electron chi connectivity index (χ4n) is 4.25. The van der Waals surface area contributed by atoms with Gasteiger partial charge in [0.15, 0.2) is 6.61 Å². The van der Waals surface area contributed by atoms with Crippen LogP contribution in [-0.4, -0.2) is 47.9 Å². The average molecular weight is 421 g/mol. The number of nitrogens with zero attached hydrogens (tertiary/aromatic N) is 2. The first kappa shape index (κ1) is 20.6. The molecular formula is C23H23N3O5.